The first-order valence-electron chi connectivity index (χ1n) is 9.69. The van der Waals surface area contributed by atoms with E-state index in [0.29, 0.717) is 26.1 Å². The molecule has 142 valence electrons. The van der Waals surface area contributed by atoms with Gasteiger partial charge in [-0.15, -0.1) is 0 Å². The van der Waals surface area contributed by atoms with E-state index < -0.39 is 0 Å². The van der Waals surface area contributed by atoms with E-state index in [4.69, 9.17) is 0 Å². The van der Waals surface area contributed by atoms with Crippen LogP contribution < -0.4 is 5.32 Å². The molecule has 2 aromatic rings. The topological polar surface area (TPSA) is 67.2 Å². The second-order valence-corrected chi connectivity index (χ2v) is 7.76. The average molecular weight is 366 g/mol. The minimum absolute atomic E-state index is 0.0729. The van der Waals surface area contributed by atoms with Crippen LogP contribution in [0, 0.1) is 6.92 Å². The number of carbonyl (C=O) groups excluding carboxylic acids is 2. The molecule has 2 amide bonds. The number of nitrogens with one attached hydrogen (secondary N) is 1. The van der Waals surface area contributed by atoms with Crippen LogP contribution in [0.25, 0.3) is 0 Å². The van der Waals surface area contributed by atoms with Gasteiger partial charge >= 0.3 is 0 Å². The van der Waals surface area contributed by atoms with Crippen molar-refractivity contribution >= 4 is 11.8 Å². The zero-order valence-corrected chi connectivity index (χ0v) is 15.7. The van der Waals surface area contributed by atoms with Gasteiger partial charge in [-0.1, -0.05) is 30.3 Å². The molecule has 3 heterocycles. The van der Waals surface area contributed by atoms with Crippen molar-refractivity contribution in [2.45, 2.75) is 50.6 Å². The van der Waals surface area contributed by atoms with Crippen molar-refractivity contribution in [1.82, 2.24) is 20.0 Å². The minimum Gasteiger partial charge on any atom is -0.350 e. The number of hydrogen-bond acceptors (Lipinski definition) is 3. The zero-order chi connectivity index (χ0) is 18.9. The highest BCUT2D eigenvalue weighted by Crippen LogP contribution is 2.39. The first-order chi connectivity index (χ1) is 13.1. The highest BCUT2D eigenvalue weighted by molar-refractivity contribution is 5.87. The third kappa shape index (κ3) is 3.61. The van der Waals surface area contributed by atoms with E-state index >= 15 is 0 Å². The summed E-state index contributed by atoms with van der Waals surface area (Å²) in [5.74, 6) is 0.218. The van der Waals surface area contributed by atoms with Crippen molar-refractivity contribution in [2.75, 3.05) is 13.1 Å². The monoisotopic (exact) mass is 366 g/mol. The zero-order valence-electron chi connectivity index (χ0n) is 15.7. The van der Waals surface area contributed by atoms with Crippen molar-refractivity contribution in [3.63, 3.8) is 0 Å². The fraction of sp³-hybridized carbons (Fsp3) is 0.476. The molecule has 1 atom stereocenters. The molecular weight excluding hydrogens is 340 g/mol. The summed E-state index contributed by atoms with van der Waals surface area (Å²) in [5, 5.41) is 7.48. The molecule has 1 aromatic carbocycles. The van der Waals surface area contributed by atoms with Crippen LogP contribution in [0.1, 0.15) is 42.9 Å². The lowest BCUT2D eigenvalue weighted by Gasteiger charge is -2.39. The van der Waals surface area contributed by atoms with Gasteiger partial charge in [0.1, 0.15) is 0 Å². The Kier molecular flexibility index (Phi) is 4.72. The summed E-state index contributed by atoms with van der Waals surface area (Å²) in [4.78, 5) is 27.0. The number of amides is 2. The SMILES string of the molecule is Cc1ccnn1CCC(=O)N1CCC2(CC1)CC(c1ccccc1)C(=O)N2. The van der Waals surface area contributed by atoms with Gasteiger partial charge in [0, 0.05) is 43.5 Å². The van der Waals surface area contributed by atoms with E-state index in [1.54, 1.807) is 6.20 Å². The molecule has 1 aromatic heterocycles. The van der Waals surface area contributed by atoms with Gasteiger partial charge < -0.3 is 10.2 Å². The number of aromatic nitrogens is 2. The molecule has 2 fully saturated rings. The largest absolute Gasteiger partial charge is 0.350 e. The van der Waals surface area contributed by atoms with E-state index in [1.807, 2.05) is 52.9 Å². The molecule has 2 aliphatic heterocycles. The summed E-state index contributed by atoms with van der Waals surface area (Å²) in [5.41, 5.74) is 1.99. The Morgan fingerprint density at radius 2 is 1.96 bits per heavy atom. The van der Waals surface area contributed by atoms with Crippen molar-refractivity contribution in [3.05, 3.63) is 53.9 Å². The third-order valence-electron chi connectivity index (χ3n) is 6.04. The summed E-state index contributed by atoms with van der Waals surface area (Å²) in [6.45, 7) is 4.03. The normalized spacial score (nSPS) is 21.4. The fourth-order valence-corrected chi connectivity index (χ4v) is 4.34. The maximum absolute atomic E-state index is 12.6. The molecule has 1 N–H and O–H groups in total. The smallest absolute Gasteiger partial charge is 0.228 e. The molecule has 0 radical (unpaired) electrons. The molecular formula is C21H26N4O2. The van der Waals surface area contributed by atoms with Crippen LogP contribution in [-0.4, -0.2) is 45.1 Å². The molecule has 1 spiro atoms. The second kappa shape index (κ2) is 7.18. The molecule has 4 rings (SSSR count). The maximum Gasteiger partial charge on any atom is 0.228 e. The van der Waals surface area contributed by atoms with Gasteiger partial charge in [0.2, 0.25) is 11.8 Å². The summed E-state index contributed by atoms with van der Waals surface area (Å²) >= 11 is 0. The number of aryl methyl sites for hydroxylation is 2. The second-order valence-electron chi connectivity index (χ2n) is 7.76. The van der Waals surface area contributed by atoms with E-state index in [9.17, 15) is 9.59 Å². The van der Waals surface area contributed by atoms with Gasteiger partial charge in [-0.2, -0.15) is 5.10 Å². The lowest BCUT2D eigenvalue weighted by molar-refractivity contribution is -0.133. The number of carbonyl (C=O) groups is 2. The highest BCUT2D eigenvalue weighted by atomic mass is 16.2. The summed E-state index contributed by atoms with van der Waals surface area (Å²) in [6, 6.07) is 11.9. The Hall–Kier alpha value is -2.63. The molecule has 1 unspecified atom stereocenters. The van der Waals surface area contributed by atoms with Gasteiger partial charge in [-0.05, 0) is 37.8 Å². The average Bonchev–Trinajstić information content (AvgIpc) is 3.24. The number of likely N-dealkylation sites (tertiary alicyclic amines) is 1. The van der Waals surface area contributed by atoms with Gasteiger partial charge in [-0.25, -0.2) is 0 Å². The first kappa shape index (κ1) is 17.8. The number of nitrogens with zero attached hydrogens (tertiary/aromatic N) is 3. The highest BCUT2D eigenvalue weighted by Gasteiger charge is 2.46. The number of rotatable bonds is 4. The predicted molar refractivity (Wildman–Crippen MR) is 102 cm³/mol. The molecule has 0 bridgehead atoms. The standard InChI is InChI=1S/C21H26N4O2/c1-16-7-11-22-25(16)12-8-19(26)24-13-9-21(10-14-24)15-18(20(27)23-21)17-5-3-2-4-6-17/h2-7,11,18H,8-10,12-15H2,1H3,(H,23,27). The fourth-order valence-electron chi connectivity index (χ4n) is 4.34. The Morgan fingerprint density at radius 1 is 1.22 bits per heavy atom. The van der Waals surface area contributed by atoms with Crippen LogP contribution in [0.15, 0.2) is 42.6 Å². The lowest BCUT2D eigenvalue weighted by atomic mass is 9.82. The van der Waals surface area contributed by atoms with Crippen LogP contribution in [0.4, 0.5) is 0 Å². The van der Waals surface area contributed by atoms with Gasteiger partial charge in [0.05, 0.1) is 5.92 Å². The number of piperidine rings is 1. The van der Waals surface area contributed by atoms with Gasteiger partial charge in [0.15, 0.2) is 0 Å². The maximum atomic E-state index is 12.6. The Bertz CT molecular complexity index is 822. The lowest BCUT2D eigenvalue weighted by Crippen LogP contribution is -2.52. The van der Waals surface area contributed by atoms with E-state index in [-0.39, 0.29) is 23.3 Å². The van der Waals surface area contributed by atoms with Crippen LogP contribution in [-0.2, 0) is 16.1 Å². The van der Waals surface area contributed by atoms with Crippen LogP contribution in [0.2, 0.25) is 0 Å². The summed E-state index contributed by atoms with van der Waals surface area (Å²) < 4.78 is 1.87. The third-order valence-corrected chi connectivity index (χ3v) is 6.04. The molecule has 6 nitrogen and oxygen atoms in total. The molecule has 0 saturated carbocycles. The molecule has 27 heavy (non-hydrogen) atoms. The Labute approximate surface area is 159 Å². The van der Waals surface area contributed by atoms with Crippen LogP contribution in [0.5, 0.6) is 0 Å². The van der Waals surface area contributed by atoms with Crippen molar-refractivity contribution in [1.29, 1.82) is 0 Å². The number of hydrogen-bond donors (Lipinski definition) is 1. The molecule has 6 heteroatoms. The van der Waals surface area contributed by atoms with E-state index in [1.165, 1.54) is 0 Å². The Balaban J connectivity index is 1.33. The minimum atomic E-state index is -0.160. The van der Waals surface area contributed by atoms with Crippen LogP contribution >= 0.6 is 0 Å². The summed E-state index contributed by atoms with van der Waals surface area (Å²) in [6.07, 6.45) is 4.71. The Morgan fingerprint density at radius 3 is 2.63 bits per heavy atom. The summed E-state index contributed by atoms with van der Waals surface area (Å²) in [7, 11) is 0. The quantitative estimate of drug-likeness (QED) is 0.902. The molecule has 0 aliphatic carbocycles. The predicted octanol–water partition coefficient (Wildman–Crippen LogP) is 2.25. The van der Waals surface area contributed by atoms with Crippen molar-refractivity contribution in [3.8, 4) is 0 Å². The molecule has 2 saturated heterocycles. The molecule has 2 aliphatic rings. The van der Waals surface area contributed by atoms with Gasteiger partial charge in [-0.3, -0.25) is 14.3 Å². The first-order valence-corrected chi connectivity index (χ1v) is 9.69. The van der Waals surface area contributed by atoms with E-state index in [2.05, 4.69) is 10.4 Å². The van der Waals surface area contributed by atoms with Gasteiger partial charge in [0.25, 0.3) is 0 Å². The van der Waals surface area contributed by atoms with Crippen molar-refractivity contribution in [2.24, 2.45) is 0 Å². The van der Waals surface area contributed by atoms with Crippen molar-refractivity contribution < 1.29 is 9.59 Å². The van der Waals surface area contributed by atoms with Crippen LogP contribution in [0.3, 0.4) is 0 Å². The number of benzene rings is 1. The van der Waals surface area contributed by atoms with E-state index in [0.717, 1.165) is 30.5 Å².